The number of carbonyl (C=O) groups excluding carboxylic acids is 1. The van der Waals surface area contributed by atoms with E-state index < -0.39 is 41.3 Å². The third kappa shape index (κ3) is 5.06. The highest BCUT2D eigenvalue weighted by Crippen LogP contribution is 2.67. The second-order valence-corrected chi connectivity index (χ2v) is 9.61. The van der Waals surface area contributed by atoms with Crippen molar-refractivity contribution in [1.82, 2.24) is 0 Å². The van der Waals surface area contributed by atoms with Gasteiger partial charge in [-0.3, -0.25) is 9.59 Å². The molecule has 2 fully saturated rings. The van der Waals surface area contributed by atoms with Crippen LogP contribution < -0.4 is 5.73 Å². The van der Waals surface area contributed by atoms with Gasteiger partial charge in [-0.15, -0.1) is 0 Å². The Balaban J connectivity index is 1.55. The zero-order valence-electron chi connectivity index (χ0n) is 18.1. The molecule has 2 saturated carbocycles. The number of ether oxygens (including phenoxy) is 2. The van der Waals surface area contributed by atoms with Crippen molar-refractivity contribution < 1.29 is 28.6 Å². The van der Waals surface area contributed by atoms with Gasteiger partial charge in [0.15, 0.2) is 5.54 Å². The standard InChI is InChI=1S/C23H30Cl2FNO5/c1-2-3-4-5-6-7-8-19(28)32-23(26)15-12-18(22(27,20(15)23)21(29)30)31-13-14-9-10-16(24)17(25)11-14/h9-11,15,18,20H,2-8,12-13,27H2,1H3,(H,29,30)/t15-,18-,20-,22+,23+/m1/s1. The van der Waals surface area contributed by atoms with Crippen LogP contribution in [0.25, 0.3) is 0 Å². The van der Waals surface area contributed by atoms with Crippen LogP contribution in [0.5, 0.6) is 0 Å². The van der Waals surface area contributed by atoms with Crippen molar-refractivity contribution in [3.63, 3.8) is 0 Å². The first kappa shape index (κ1) is 25.2. The average molecular weight is 490 g/mol. The Kier molecular flexibility index (Phi) is 8.07. The Morgan fingerprint density at radius 3 is 2.53 bits per heavy atom. The summed E-state index contributed by atoms with van der Waals surface area (Å²) in [7, 11) is 0. The Hall–Kier alpha value is -1.41. The predicted molar refractivity (Wildman–Crippen MR) is 119 cm³/mol. The molecule has 2 aliphatic carbocycles. The smallest absolute Gasteiger partial charge is 0.326 e. The van der Waals surface area contributed by atoms with E-state index >= 15 is 4.39 Å². The maximum absolute atomic E-state index is 15.4. The number of carboxylic acids is 1. The molecular formula is C23H30Cl2FNO5. The summed E-state index contributed by atoms with van der Waals surface area (Å²) in [5.74, 6) is -6.32. The molecule has 1 aromatic rings. The number of carboxylic acid groups (broad SMARTS) is 1. The summed E-state index contributed by atoms with van der Waals surface area (Å²) in [4.78, 5) is 24.1. The SMILES string of the molecule is CCCCCCCCC(=O)O[C@@]1(F)[C@@H]2C[C@@H](OCc3ccc(Cl)c(Cl)c3)[C@@](N)(C(=O)O)[C@@H]21. The molecule has 1 aromatic carbocycles. The number of benzene rings is 1. The molecule has 178 valence electrons. The van der Waals surface area contributed by atoms with Gasteiger partial charge in [0.1, 0.15) is 0 Å². The lowest BCUT2D eigenvalue weighted by Crippen LogP contribution is -2.60. The molecule has 0 heterocycles. The molecular weight excluding hydrogens is 460 g/mol. The Labute approximate surface area is 197 Å². The van der Waals surface area contributed by atoms with Crippen molar-refractivity contribution in [2.45, 2.75) is 82.4 Å². The number of esters is 1. The molecule has 32 heavy (non-hydrogen) atoms. The molecule has 0 spiro atoms. The zero-order chi connectivity index (χ0) is 23.5. The Bertz CT molecular complexity index is 856. The number of carbonyl (C=O) groups is 2. The highest BCUT2D eigenvalue weighted by molar-refractivity contribution is 6.42. The summed E-state index contributed by atoms with van der Waals surface area (Å²) in [5.41, 5.74) is 4.86. The van der Waals surface area contributed by atoms with Crippen molar-refractivity contribution >= 4 is 35.1 Å². The number of fused-ring (bicyclic) bond motifs is 1. The van der Waals surface area contributed by atoms with Crippen LogP contribution >= 0.6 is 23.2 Å². The van der Waals surface area contributed by atoms with Crippen molar-refractivity contribution in [2.75, 3.05) is 0 Å². The van der Waals surface area contributed by atoms with Gasteiger partial charge in [-0.1, -0.05) is 68.3 Å². The summed E-state index contributed by atoms with van der Waals surface area (Å²) in [6.45, 7) is 2.17. The van der Waals surface area contributed by atoms with Gasteiger partial charge in [0.25, 0.3) is 5.85 Å². The monoisotopic (exact) mass is 489 g/mol. The van der Waals surface area contributed by atoms with Gasteiger partial charge in [0, 0.05) is 12.3 Å². The lowest BCUT2D eigenvalue weighted by atomic mass is 9.90. The van der Waals surface area contributed by atoms with Crippen LogP contribution in [0.2, 0.25) is 10.0 Å². The number of nitrogens with two attached hydrogens (primary N) is 1. The third-order valence-corrected chi connectivity index (χ3v) is 7.29. The summed E-state index contributed by atoms with van der Waals surface area (Å²) in [6.07, 6.45) is 5.16. The van der Waals surface area contributed by atoms with E-state index in [4.69, 9.17) is 38.4 Å². The molecule has 0 aromatic heterocycles. The summed E-state index contributed by atoms with van der Waals surface area (Å²) >= 11 is 11.9. The van der Waals surface area contributed by atoms with Crippen molar-refractivity contribution in [3.8, 4) is 0 Å². The number of unbranched alkanes of at least 4 members (excludes halogenated alkanes) is 5. The molecule has 6 nitrogen and oxygen atoms in total. The normalized spacial score (nSPS) is 30.7. The lowest BCUT2D eigenvalue weighted by Gasteiger charge is -2.32. The fourth-order valence-electron chi connectivity index (χ4n) is 4.70. The van der Waals surface area contributed by atoms with E-state index in [0.717, 1.165) is 32.1 Å². The zero-order valence-corrected chi connectivity index (χ0v) is 19.6. The van der Waals surface area contributed by atoms with Crippen molar-refractivity contribution in [2.24, 2.45) is 17.6 Å². The van der Waals surface area contributed by atoms with Gasteiger partial charge in [0.2, 0.25) is 0 Å². The summed E-state index contributed by atoms with van der Waals surface area (Å²) in [6, 6.07) is 4.92. The first-order chi connectivity index (χ1) is 15.1. The van der Waals surface area contributed by atoms with E-state index in [9.17, 15) is 14.7 Å². The Morgan fingerprint density at radius 2 is 1.88 bits per heavy atom. The number of alkyl halides is 1. The minimum Gasteiger partial charge on any atom is -0.480 e. The molecule has 3 N–H and O–H groups in total. The first-order valence-corrected chi connectivity index (χ1v) is 11.9. The number of hydrogen-bond acceptors (Lipinski definition) is 5. The number of halogens is 3. The highest BCUT2D eigenvalue weighted by atomic mass is 35.5. The molecule has 0 saturated heterocycles. The van der Waals surface area contributed by atoms with Crippen LogP contribution in [0, 0.1) is 11.8 Å². The second-order valence-electron chi connectivity index (χ2n) is 8.80. The minimum absolute atomic E-state index is 0.0460. The summed E-state index contributed by atoms with van der Waals surface area (Å²) in [5, 5.41) is 10.5. The van der Waals surface area contributed by atoms with Crippen molar-refractivity contribution in [3.05, 3.63) is 33.8 Å². The van der Waals surface area contributed by atoms with Crippen LogP contribution in [0.1, 0.15) is 63.9 Å². The van der Waals surface area contributed by atoms with Crippen LogP contribution in [-0.2, 0) is 25.7 Å². The molecule has 0 amide bonds. The molecule has 0 radical (unpaired) electrons. The molecule has 3 rings (SSSR count). The molecule has 9 heteroatoms. The molecule has 0 unspecified atom stereocenters. The van der Waals surface area contributed by atoms with Crippen LogP contribution in [0.4, 0.5) is 4.39 Å². The van der Waals surface area contributed by atoms with Gasteiger partial charge in [-0.05, 0) is 30.5 Å². The first-order valence-electron chi connectivity index (χ1n) is 11.1. The van der Waals surface area contributed by atoms with Gasteiger partial charge in [-0.2, -0.15) is 4.39 Å². The van der Waals surface area contributed by atoms with Crippen LogP contribution in [0.3, 0.4) is 0 Å². The molecule has 0 aliphatic heterocycles. The van der Waals surface area contributed by atoms with Gasteiger partial charge in [0.05, 0.1) is 28.7 Å². The topological polar surface area (TPSA) is 98.9 Å². The molecule has 5 atom stereocenters. The quantitative estimate of drug-likeness (QED) is 0.306. The fourth-order valence-corrected chi connectivity index (χ4v) is 5.02. The molecule has 0 bridgehead atoms. The van der Waals surface area contributed by atoms with E-state index in [-0.39, 0.29) is 19.4 Å². The van der Waals surface area contributed by atoms with E-state index in [2.05, 4.69) is 6.92 Å². The van der Waals surface area contributed by atoms with Gasteiger partial charge >= 0.3 is 11.9 Å². The average Bonchev–Trinajstić information content (AvgIpc) is 3.15. The third-order valence-electron chi connectivity index (χ3n) is 6.55. The number of hydrogen-bond donors (Lipinski definition) is 2. The van der Waals surface area contributed by atoms with Gasteiger partial charge in [-0.25, -0.2) is 0 Å². The predicted octanol–water partition coefficient (Wildman–Crippen LogP) is 5.27. The van der Waals surface area contributed by atoms with E-state index in [0.29, 0.717) is 22.0 Å². The van der Waals surface area contributed by atoms with Crippen LogP contribution in [0.15, 0.2) is 18.2 Å². The fraction of sp³-hybridized carbons (Fsp3) is 0.652. The molecule has 2 aliphatic rings. The van der Waals surface area contributed by atoms with E-state index in [1.54, 1.807) is 18.2 Å². The Morgan fingerprint density at radius 1 is 1.19 bits per heavy atom. The summed E-state index contributed by atoms with van der Waals surface area (Å²) < 4.78 is 26.2. The maximum Gasteiger partial charge on any atom is 0.326 e. The second kappa shape index (κ2) is 10.2. The number of aliphatic carboxylic acids is 1. The van der Waals surface area contributed by atoms with Gasteiger partial charge < -0.3 is 20.3 Å². The number of rotatable bonds is 12. The van der Waals surface area contributed by atoms with E-state index in [1.165, 1.54) is 0 Å². The van der Waals surface area contributed by atoms with E-state index in [1.807, 2.05) is 0 Å². The lowest BCUT2D eigenvalue weighted by molar-refractivity contribution is -0.178. The van der Waals surface area contributed by atoms with Crippen molar-refractivity contribution in [1.29, 1.82) is 0 Å². The largest absolute Gasteiger partial charge is 0.480 e. The minimum atomic E-state index is -2.35. The highest BCUT2D eigenvalue weighted by Gasteiger charge is 2.84. The maximum atomic E-state index is 15.4. The van der Waals surface area contributed by atoms with Crippen LogP contribution in [-0.4, -0.2) is 34.5 Å².